The molecule has 0 aliphatic rings. The Morgan fingerprint density at radius 3 is 1.72 bits per heavy atom. The summed E-state index contributed by atoms with van der Waals surface area (Å²) >= 11 is 13.0. The maximum absolute atomic E-state index is 13.9. The molecule has 0 bridgehead atoms. The van der Waals surface area contributed by atoms with Gasteiger partial charge in [-0.3, -0.25) is 4.57 Å². The van der Waals surface area contributed by atoms with Gasteiger partial charge in [0.05, 0.1) is 22.9 Å². The average Bonchev–Trinajstić information content (AvgIpc) is 2.75. The predicted molar refractivity (Wildman–Crippen MR) is 125 cm³/mol. The van der Waals surface area contributed by atoms with Gasteiger partial charge in [0.2, 0.25) is 7.29 Å². The van der Waals surface area contributed by atoms with Crippen molar-refractivity contribution in [2.75, 3.05) is 12.2 Å². The Hall–Kier alpha value is -2.45. The minimum absolute atomic E-state index is 0.366. The summed E-state index contributed by atoms with van der Waals surface area (Å²) in [6.07, 6.45) is 0. The van der Waals surface area contributed by atoms with Gasteiger partial charge >= 0.3 is 0 Å². The molecule has 1 unspecified atom stereocenters. The number of halogens is 2. The van der Waals surface area contributed by atoms with Crippen LogP contribution in [0.15, 0.2) is 96.6 Å². The third-order valence-corrected chi connectivity index (χ3v) is 6.94. The van der Waals surface area contributed by atoms with Crippen molar-refractivity contribution in [3.05, 3.63) is 108 Å². The van der Waals surface area contributed by atoms with Crippen LogP contribution in [0, 0.1) is 0 Å². The van der Waals surface area contributed by atoms with Crippen LogP contribution in [0.3, 0.4) is 0 Å². The van der Waals surface area contributed by atoms with E-state index in [4.69, 9.17) is 27.9 Å². The fraction of sp³-hybridized carbons (Fsp3) is 0.0435. The van der Waals surface area contributed by atoms with E-state index in [-0.39, 0.29) is 0 Å². The summed E-state index contributed by atoms with van der Waals surface area (Å²) < 4.78 is 19.3. The molecule has 0 amide bonds. The number of ether oxygens (including phenoxy) is 1. The number of anilines is 1. The predicted octanol–water partition coefficient (Wildman–Crippen LogP) is 7.86. The molecule has 0 saturated carbocycles. The first kappa shape index (κ1) is 21.3. The zero-order valence-electron chi connectivity index (χ0n) is 15.8. The zero-order chi connectivity index (χ0) is 20.7. The highest BCUT2D eigenvalue weighted by atomic mass is 35.5. The standard InChI is InChI=1S/C23H20Cl2NO2P/c1-28-23-15-9-8-14-22(23)26-29(27,16-20(24)18-10-4-2-5-11-18)17-21(25)19-12-6-3-7-13-19/h2-17H,1H3,(H,26,27)/b20-16-,21-17+. The number of para-hydroxylation sites is 2. The van der Waals surface area contributed by atoms with Crippen LogP contribution in [0.2, 0.25) is 0 Å². The van der Waals surface area contributed by atoms with Crippen molar-refractivity contribution < 1.29 is 9.30 Å². The minimum Gasteiger partial charge on any atom is -0.495 e. The second-order valence-electron chi connectivity index (χ2n) is 6.21. The summed E-state index contributed by atoms with van der Waals surface area (Å²) in [6.45, 7) is 0. The quantitative estimate of drug-likeness (QED) is 0.377. The molecule has 3 aromatic carbocycles. The van der Waals surface area contributed by atoms with Crippen molar-refractivity contribution in [3.8, 4) is 5.75 Å². The van der Waals surface area contributed by atoms with Crippen molar-refractivity contribution in [1.29, 1.82) is 0 Å². The highest BCUT2D eigenvalue weighted by Crippen LogP contribution is 2.54. The summed E-state index contributed by atoms with van der Waals surface area (Å²) in [6, 6.07) is 26.0. The van der Waals surface area contributed by atoms with Crippen molar-refractivity contribution in [2.45, 2.75) is 0 Å². The van der Waals surface area contributed by atoms with Crippen LogP contribution in [0.4, 0.5) is 5.69 Å². The van der Waals surface area contributed by atoms with E-state index < -0.39 is 7.29 Å². The van der Waals surface area contributed by atoms with Gasteiger partial charge in [0, 0.05) is 11.6 Å². The van der Waals surface area contributed by atoms with Crippen LogP contribution >= 0.6 is 30.5 Å². The molecule has 3 rings (SSSR count). The molecule has 0 saturated heterocycles. The molecule has 3 nitrogen and oxygen atoms in total. The third-order valence-electron chi connectivity index (χ3n) is 4.11. The van der Waals surface area contributed by atoms with Gasteiger partial charge in [-0.25, -0.2) is 0 Å². The molecule has 0 spiro atoms. The van der Waals surface area contributed by atoms with Gasteiger partial charge in [0.15, 0.2) is 0 Å². The summed E-state index contributed by atoms with van der Waals surface area (Å²) in [5.74, 6) is 3.60. The smallest absolute Gasteiger partial charge is 0.216 e. The molecule has 29 heavy (non-hydrogen) atoms. The van der Waals surface area contributed by atoms with Gasteiger partial charge in [-0.2, -0.15) is 0 Å². The van der Waals surface area contributed by atoms with Crippen molar-refractivity contribution in [3.63, 3.8) is 0 Å². The molecule has 0 fully saturated rings. The second-order valence-corrected chi connectivity index (χ2v) is 9.18. The lowest BCUT2D eigenvalue weighted by Gasteiger charge is -2.17. The molecular weight excluding hydrogens is 424 g/mol. The van der Waals surface area contributed by atoms with Crippen LogP contribution in [0.5, 0.6) is 5.75 Å². The average molecular weight is 444 g/mol. The molecule has 0 radical (unpaired) electrons. The van der Waals surface area contributed by atoms with Crippen molar-refractivity contribution in [1.82, 2.24) is 0 Å². The van der Waals surface area contributed by atoms with Crippen LogP contribution in [0.1, 0.15) is 11.1 Å². The fourth-order valence-corrected chi connectivity index (χ4v) is 5.57. The van der Waals surface area contributed by atoms with E-state index in [0.29, 0.717) is 21.5 Å². The van der Waals surface area contributed by atoms with E-state index in [1.54, 1.807) is 19.2 Å². The van der Waals surface area contributed by atoms with Crippen molar-refractivity contribution in [2.24, 2.45) is 0 Å². The second kappa shape index (κ2) is 9.84. The number of rotatable bonds is 7. The minimum atomic E-state index is -3.34. The lowest BCUT2D eigenvalue weighted by atomic mass is 10.2. The van der Waals surface area contributed by atoms with E-state index in [2.05, 4.69) is 5.09 Å². The van der Waals surface area contributed by atoms with Gasteiger partial charge < -0.3 is 9.82 Å². The number of hydrogen-bond donors (Lipinski definition) is 1. The zero-order valence-corrected chi connectivity index (χ0v) is 18.2. The Balaban J connectivity index is 2.06. The fourth-order valence-electron chi connectivity index (χ4n) is 2.71. The molecular formula is C23H20Cl2NO2P. The monoisotopic (exact) mass is 443 g/mol. The Labute approximate surface area is 181 Å². The summed E-state index contributed by atoms with van der Waals surface area (Å²) in [7, 11) is -1.78. The van der Waals surface area contributed by atoms with Crippen LogP contribution < -0.4 is 9.82 Å². The molecule has 0 aromatic heterocycles. The number of hydrogen-bond acceptors (Lipinski definition) is 2. The summed E-state index contributed by atoms with van der Waals surface area (Å²) in [5.41, 5.74) is 2.11. The molecule has 0 aliphatic heterocycles. The van der Waals surface area contributed by atoms with Gasteiger partial charge in [0.25, 0.3) is 0 Å². The Kier molecular flexibility index (Phi) is 7.22. The maximum Gasteiger partial charge on any atom is 0.216 e. The first-order valence-electron chi connectivity index (χ1n) is 8.89. The Morgan fingerprint density at radius 1 is 0.793 bits per heavy atom. The Morgan fingerprint density at radius 2 is 1.24 bits per heavy atom. The lowest BCUT2D eigenvalue weighted by Crippen LogP contribution is -1.97. The van der Waals surface area contributed by atoms with Crippen LogP contribution in [0.25, 0.3) is 10.1 Å². The molecule has 148 valence electrons. The number of benzene rings is 3. The van der Waals surface area contributed by atoms with E-state index in [1.165, 1.54) is 11.6 Å². The summed E-state index contributed by atoms with van der Waals surface area (Å²) in [4.78, 5) is 0. The molecule has 1 N–H and O–H groups in total. The maximum atomic E-state index is 13.9. The first-order valence-corrected chi connectivity index (χ1v) is 11.5. The number of methoxy groups -OCH3 is 1. The van der Waals surface area contributed by atoms with Gasteiger partial charge in [-0.05, 0) is 23.3 Å². The van der Waals surface area contributed by atoms with Crippen LogP contribution in [-0.2, 0) is 4.57 Å². The van der Waals surface area contributed by atoms with E-state index >= 15 is 0 Å². The topological polar surface area (TPSA) is 38.3 Å². The third kappa shape index (κ3) is 5.77. The Bertz CT molecular complexity index is 1010. The van der Waals surface area contributed by atoms with Crippen LogP contribution in [-0.4, -0.2) is 7.11 Å². The molecule has 3 aromatic rings. The highest BCUT2D eigenvalue weighted by molar-refractivity contribution is 7.72. The SMILES string of the molecule is COc1ccccc1NP(=O)(/C=C(\Cl)c1ccccc1)/C=C(/Cl)c1ccccc1. The highest BCUT2D eigenvalue weighted by Gasteiger charge is 2.21. The molecule has 1 atom stereocenters. The number of nitrogens with one attached hydrogen (secondary N) is 1. The molecule has 0 aliphatic carbocycles. The lowest BCUT2D eigenvalue weighted by molar-refractivity contribution is 0.417. The van der Waals surface area contributed by atoms with E-state index in [9.17, 15) is 4.57 Å². The van der Waals surface area contributed by atoms with Gasteiger partial charge in [0.1, 0.15) is 5.75 Å². The largest absolute Gasteiger partial charge is 0.495 e. The molecule has 0 heterocycles. The van der Waals surface area contributed by atoms with E-state index in [0.717, 1.165) is 11.1 Å². The van der Waals surface area contributed by atoms with Gasteiger partial charge in [-0.15, -0.1) is 0 Å². The van der Waals surface area contributed by atoms with E-state index in [1.807, 2.05) is 72.8 Å². The first-order chi connectivity index (χ1) is 14.0. The summed E-state index contributed by atoms with van der Waals surface area (Å²) in [5, 5.41) is 3.82. The van der Waals surface area contributed by atoms with Gasteiger partial charge in [-0.1, -0.05) is 96.0 Å². The van der Waals surface area contributed by atoms with Crippen molar-refractivity contribution >= 4 is 46.2 Å². The normalized spacial score (nSPS) is 14.2. The molecule has 6 heteroatoms.